The van der Waals surface area contributed by atoms with Gasteiger partial charge in [-0.3, -0.25) is 4.79 Å². The van der Waals surface area contributed by atoms with Crippen molar-refractivity contribution in [3.63, 3.8) is 0 Å². The molecule has 0 aromatic heterocycles. The summed E-state index contributed by atoms with van der Waals surface area (Å²) in [6.45, 7) is 8.50. The molecule has 2 amide bonds. The summed E-state index contributed by atoms with van der Waals surface area (Å²) in [5.41, 5.74) is -0.320. The van der Waals surface area contributed by atoms with Crippen molar-refractivity contribution in [3.8, 4) is 0 Å². The van der Waals surface area contributed by atoms with Gasteiger partial charge in [0.05, 0.1) is 6.54 Å². The summed E-state index contributed by atoms with van der Waals surface area (Å²) in [4.78, 5) is 27.3. The summed E-state index contributed by atoms with van der Waals surface area (Å²) in [5.74, 6) is 0.199. The third kappa shape index (κ3) is 2.60. The van der Waals surface area contributed by atoms with E-state index in [0.717, 1.165) is 25.9 Å². The molecule has 5 nitrogen and oxygen atoms in total. The number of likely N-dealkylation sites (tertiary alicyclic amines) is 1. The molecule has 0 aromatic rings. The van der Waals surface area contributed by atoms with Crippen molar-refractivity contribution in [2.24, 2.45) is 5.41 Å². The Hall–Kier alpha value is -1.26. The van der Waals surface area contributed by atoms with Crippen LogP contribution in [0.2, 0.25) is 0 Å². The first kappa shape index (κ1) is 13.2. The summed E-state index contributed by atoms with van der Waals surface area (Å²) in [6, 6.07) is 0.240. The van der Waals surface area contributed by atoms with Gasteiger partial charge in [0.2, 0.25) is 5.91 Å². The maximum absolute atomic E-state index is 12.1. The third-order valence-corrected chi connectivity index (χ3v) is 3.63. The van der Waals surface area contributed by atoms with Gasteiger partial charge in [-0.2, -0.15) is 0 Å². The molecule has 2 aliphatic heterocycles. The lowest BCUT2D eigenvalue weighted by Gasteiger charge is -2.38. The van der Waals surface area contributed by atoms with Gasteiger partial charge < -0.3 is 14.5 Å². The van der Waals surface area contributed by atoms with Crippen LogP contribution in [-0.2, 0) is 9.53 Å². The Morgan fingerprint density at radius 2 is 1.83 bits per heavy atom. The number of carbonyl (C=O) groups excluding carboxylic acids is 2. The van der Waals surface area contributed by atoms with Gasteiger partial charge in [0.15, 0.2) is 0 Å². The van der Waals surface area contributed by atoms with E-state index in [9.17, 15) is 9.59 Å². The molecule has 0 unspecified atom stereocenters. The Kier molecular flexibility index (Phi) is 3.50. The van der Waals surface area contributed by atoms with Crippen molar-refractivity contribution >= 4 is 12.0 Å². The van der Waals surface area contributed by atoms with Gasteiger partial charge in [0, 0.05) is 24.5 Å². The number of hydrogen-bond acceptors (Lipinski definition) is 3. The first-order valence-corrected chi connectivity index (χ1v) is 6.62. The predicted molar refractivity (Wildman–Crippen MR) is 67.1 cm³/mol. The lowest BCUT2D eigenvalue weighted by molar-refractivity contribution is -0.140. The number of nitrogens with zero attached hydrogens (tertiary/aromatic N) is 2. The van der Waals surface area contributed by atoms with Gasteiger partial charge in [0.1, 0.15) is 6.61 Å². The molecule has 2 fully saturated rings. The van der Waals surface area contributed by atoms with Crippen molar-refractivity contribution < 1.29 is 14.3 Å². The van der Waals surface area contributed by atoms with Crippen LogP contribution in [0.5, 0.6) is 0 Å². The van der Waals surface area contributed by atoms with E-state index in [2.05, 4.69) is 0 Å². The largest absolute Gasteiger partial charge is 0.448 e. The molecule has 0 N–H and O–H groups in total. The number of piperidine rings is 1. The van der Waals surface area contributed by atoms with Gasteiger partial charge >= 0.3 is 6.09 Å². The Morgan fingerprint density at radius 3 is 2.28 bits per heavy atom. The van der Waals surface area contributed by atoms with Gasteiger partial charge in [0.25, 0.3) is 0 Å². The van der Waals surface area contributed by atoms with Crippen LogP contribution in [0.3, 0.4) is 0 Å². The molecule has 0 aromatic carbocycles. The van der Waals surface area contributed by atoms with Crippen LogP contribution >= 0.6 is 0 Å². The minimum atomic E-state index is -0.320. The number of rotatable bonds is 1. The molecule has 2 rings (SSSR count). The molecule has 18 heavy (non-hydrogen) atoms. The van der Waals surface area contributed by atoms with Crippen LogP contribution in [0.4, 0.5) is 4.79 Å². The first-order valence-electron chi connectivity index (χ1n) is 6.62. The number of amides is 2. The number of ether oxygens (including phenoxy) is 1. The highest BCUT2D eigenvalue weighted by Crippen LogP contribution is 2.24. The lowest BCUT2D eigenvalue weighted by atomic mass is 9.93. The average molecular weight is 254 g/mol. The van der Waals surface area contributed by atoms with E-state index in [-0.39, 0.29) is 23.5 Å². The fraction of sp³-hybridized carbons (Fsp3) is 0.846. The second-order valence-electron chi connectivity index (χ2n) is 6.08. The van der Waals surface area contributed by atoms with Crippen molar-refractivity contribution in [2.75, 3.05) is 26.2 Å². The minimum Gasteiger partial charge on any atom is -0.448 e. The van der Waals surface area contributed by atoms with Crippen LogP contribution in [0.15, 0.2) is 0 Å². The topological polar surface area (TPSA) is 49.9 Å². The molecule has 2 heterocycles. The molecule has 0 atom stereocenters. The molecular weight excluding hydrogens is 232 g/mol. The fourth-order valence-corrected chi connectivity index (χ4v) is 2.59. The number of cyclic esters (lactones) is 1. The maximum atomic E-state index is 12.1. The normalized spacial score (nSPS) is 22.3. The van der Waals surface area contributed by atoms with E-state index in [1.165, 1.54) is 0 Å². The average Bonchev–Trinajstić information content (AvgIpc) is 2.73. The van der Waals surface area contributed by atoms with Gasteiger partial charge in [-0.25, -0.2) is 4.79 Å². The van der Waals surface area contributed by atoms with Crippen LogP contribution < -0.4 is 0 Å². The summed E-state index contributed by atoms with van der Waals surface area (Å²) in [5, 5.41) is 0. The third-order valence-electron chi connectivity index (χ3n) is 3.63. The summed E-state index contributed by atoms with van der Waals surface area (Å²) >= 11 is 0. The van der Waals surface area contributed by atoms with Crippen LogP contribution in [-0.4, -0.2) is 54.1 Å². The molecule has 0 saturated carbocycles. The van der Waals surface area contributed by atoms with Gasteiger partial charge in [-0.15, -0.1) is 0 Å². The first-order chi connectivity index (χ1) is 8.39. The zero-order valence-corrected chi connectivity index (χ0v) is 11.4. The van der Waals surface area contributed by atoms with Crippen LogP contribution in [0, 0.1) is 5.41 Å². The van der Waals surface area contributed by atoms with E-state index < -0.39 is 0 Å². The zero-order chi connectivity index (χ0) is 13.3. The van der Waals surface area contributed by atoms with Crippen molar-refractivity contribution in [3.05, 3.63) is 0 Å². The highest BCUT2D eigenvalue weighted by Gasteiger charge is 2.35. The number of hydrogen-bond donors (Lipinski definition) is 0. The second-order valence-corrected chi connectivity index (χ2v) is 6.08. The Balaban J connectivity index is 1.88. The molecule has 0 aliphatic carbocycles. The van der Waals surface area contributed by atoms with Gasteiger partial charge in [-0.1, -0.05) is 20.8 Å². The molecule has 0 bridgehead atoms. The predicted octanol–water partition coefficient (Wildman–Crippen LogP) is 1.48. The van der Waals surface area contributed by atoms with E-state index in [0.29, 0.717) is 13.2 Å². The molecule has 0 radical (unpaired) electrons. The Morgan fingerprint density at radius 1 is 1.22 bits per heavy atom. The van der Waals surface area contributed by atoms with E-state index >= 15 is 0 Å². The Bertz CT molecular complexity index is 341. The molecule has 0 spiro atoms. The molecule has 2 saturated heterocycles. The summed E-state index contributed by atoms with van der Waals surface area (Å²) in [7, 11) is 0. The summed E-state index contributed by atoms with van der Waals surface area (Å²) < 4.78 is 4.95. The lowest BCUT2D eigenvalue weighted by Crippen LogP contribution is -2.49. The molecule has 5 heteroatoms. The standard InChI is InChI=1S/C13H22N2O3/c1-13(2,3)11(16)14-6-4-10(5-7-14)15-8-9-18-12(15)17/h10H,4-9H2,1-3H3. The van der Waals surface area contributed by atoms with Crippen LogP contribution in [0.1, 0.15) is 33.6 Å². The van der Waals surface area contributed by atoms with Crippen molar-refractivity contribution in [1.82, 2.24) is 9.80 Å². The molecular formula is C13H22N2O3. The van der Waals surface area contributed by atoms with Gasteiger partial charge in [-0.05, 0) is 12.8 Å². The van der Waals surface area contributed by atoms with Crippen molar-refractivity contribution in [2.45, 2.75) is 39.7 Å². The highest BCUT2D eigenvalue weighted by atomic mass is 16.6. The highest BCUT2D eigenvalue weighted by molar-refractivity contribution is 5.81. The zero-order valence-electron chi connectivity index (χ0n) is 11.4. The molecule has 102 valence electrons. The van der Waals surface area contributed by atoms with Crippen molar-refractivity contribution in [1.29, 1.82) is 0 Å². The summed E-state index contributed by atoms with van der Waals surface area (Å²) in [6.07, 6.45) is 1.52. The van der Waals surface area contributed by atoms with E-state index in [1.807, 2.05) is 25.7 Å². The monoisotopic (exact) mass is 254 g/mol. The quantitative estimate of drug-likeness (QED) is 0.712. The SMILES string of the molecule is CC(C)(C)C(=O)N1CCC(N2CCOC2=O)CC1. The second kappa shape index (κ2) is 4.78. The van der Waals surface area contributed by atoms with E-state index in [4.69, 9.17) is 4.74 Å². The van der Waals surface area contributed by atoms with Crippen LogP contribution in [0.25, 0.3) is 0 Å². The fourth-order valence-electron chi connectivity index (χ4n) is 2.59. The van der Waals surface area contributed by atoms with E-state index in [1.54, 1.807) is 4.90 Å². The minimum absolute atomic E-state index is 0.199. The Labute approximate surface area is 108 Å². The maximum Gasteiger partial charge on any atom is 0.410 e. The number of carbonyl (C=O) groups is 2. The smallest absolute Gasteiger partial charge is 0.410 e. The molecule has 2 aliphatic rings.